The molecule has 65 heavy (non-hydrogen) atoms. The summed E-state index contributed by atoms with van der Waals surface area (Å²) in [4.78, 5) is 111. The number of nitrogens with zero attached hydrogens (tertiary/aromatic N) is 3. The lowest BCUT2D eigenvalue weighted by Crippen LogP contribution is -2.64. The van der Waals surface area contributed by atoms with Gasteiger partial charge in [0.15, 0.2) is 0 Å². The lowest BCUT2D eigenvalue weighted by molar-refractivity contribution is -0.163. The van der Waals surface area contributed by atoms with Crippen molar-refractivity contribution < 1.29 is 63.9 Å². The summed E-state index contributed by atoms with van der Waals surface area (Å²) in [6.45, 7) is 6.81. The van der Waals surface area contributed by atoms with Gasteiger partial charge in [-0.3, -0.25) is 24.0 Å². The van der Waals surface area contributed by atoms with Crippen LogP contribution in [0.3, 0.4) is 0 Å². The molecule has 0 aliphatic carbocycles. The summed E-state index contributed by atoms with van der Waals surface area (Å²) in [6, 6.07) is 8.31. The van der Waals surface area contributed by atoms with Crippen LogP contribution < -0.4 is 16.0 Å². The van der Waals surface area contributed by atoms with Crippen molar-refractivity contribution in [2.24, 2.45) is 23.7 Å². The molecule has 0 unspecified atom stereocenters. The number of carboxylic acids is 3. The molecule has 5 amide bonds. The first kappa shape index (κ1) is 45.8. The fourth-order valence-electron chi connectivity index (χ4n) is 10.1. The van der Waals surface area contributed by atoms with E-state index in [1.807, 2.05) is 6.92 Å². The number of carboxylic acid groups (broad SMARTS) is 3. The number of fused-ring (bicyclic) bond motifs is 2. The summed E-state index contributed by atoms with van der Waals surface area (Å²) in [6.07, 6.45) is -1.78. The molecule has 21 heteroatoms. The Bertz CT molecular complexity index is 2480. The Morgan fingerprint density at radius 3 is 1.69 bits per heavy atom. The first-order valence-corrected chi connectivity index (χ1v) is 22.9. The second-order valence-electron chi connectivity index (χ2n) is 17.4. The van der Waals surface area contributed by atoms with Crippen molar-refractivity contribution in [1.82, 2.24) is 20.0 Å². The predicted molar refractivity (Wildman–Crippen MR) is 235 cm³/mol. The number of anilines is 2. The highest BCUT2D eigenvalue weighted by molar-refractivity contribution is 8.04. The highest BCUT2D eigenvalue weighted by Crippen LogP contribution is 2.55. The molecule has 6 aliphatic heterocycles. The van der Waals surface area contributed by atoms with Crippen LogP contribution in [0.1, 0.15) is 61.3 Å². The number of carbonyl (C=O) groups excluding carboxylic acids is 5. The van der Waals surface area contributed by atoms with Crippen molar-refractivity contribution in [3.63, 3.8) is 0 Å². The molecule has 0 bridgehead atoms. The maximum absolute atomic E-state index is 15.3. The number of β-lactam (4-membered cyclic amide) rings is 2. The van der Waals surface area contributed by atoms with E-state index in [0.29, 0.717) is 28.5 Å². The number of aliphatic carboxylic acids is 1. The molecule has 2 aromatic carbocycles. The fraction of sp³-hybridized carbons (Fsp3) is 0.455. The van der Waals surface area contributed by atoms with Gasteiger partial charge in [0.1, 0.15) is 17.4 Å². The van der Waals surface area contributed by atoms with Crippen LogP contribution in [0.4, 0.5) is 11.4 Å². The van der Waals surface area contributed by atoms with Gasteiger partial charge in [0, 0.05) is 56.6 Å². The molecule has 4 fully saturated rings. The second-order valence-corrected chi connectivity index (χ2v) is 20.1. The molecule has 6 heterocycles. The zero-order valence-corrected chi connectivity index (χ0v) is 37.2. The molecule has 344 valence electrons. The van der Waals surface area contributed by atoms with Crippen LogP contribution in [-0.4, -0.2) is 148 Å². The Morgan fingerprint density at radius 1 is 0.692 bits per heavy atom. The number of thioether (sulfide) groups is 2. The molecule has 0 radical (unpaired) electrons. The third-order valence-corrected chi connectivity index (χ3v) is 16.2. The molecule has 0 spiro atoms. The average molecular weight is 933 g/mol. The van der Waals surface area contributed by atoms with E-state index in [1.165, 1.54) is 82.8 Å². The normalized spacial score (nSPS) is 30.1. The van der Waals surface area contributed by atoms with Gasteiger partial charge in [0.2, 0.25) is 23.6 Å². The number of hydrogen-bond donors (Lipinski definition) is 8. The lowest BCUT2D eigenvalue weighted by Gasteiger charge is -2.47. The van der Waals surface area contributed by atoms with E-state index in [9.17, 15) is 59.1 Å². The van der Waals surface area contributed by atoms with E-state index < -0.39 is 113 Å². The average Bonchev–Trinajstić information content (AvgIpc) is 4.00. The molecule has 8 rings (SSSR count). The summed E-state index contributed by atoms with van der Waals surface area (Å²) in [5.74, 6) is -9.02. The molecular formula is C44H48N6O13S2. The number of aromatic carboxylic acids is 2. The number of carbonyl (C=O) groups is 8. The van der Waals surface area contributed by atoms with Gasteiger partial charge in [-0.25, -0.2) is 14.4 Å². The van der Waals surface area contributed by atoms with Crippen LogP contribution in [0, 0.1) is 23.7 Å². The molecule has 6 aliphatic rings. The van der Waals surface area contributed by atoms with Crippen LogP contribution in [0.15, 0.2) is 69.7 Å². The third-order valence-electron chi connectivity index (χ3n) is 13.2. The number of rotatable bonds is 14. The summed E-state index contributed by atoms with van der Waals surface area (Å²) >= 11 is 2.45. The van der Waals surface area contributed by atoms with Gasteiger partial charge in [0.05, 0.1) is 53.3 Å². The number of benzene rings is 2. The van der Waals surface area contributed by atoms with Crippen LogP contribution in [0.25, 0.3) is 0 Å². The Hall–Kier alpha value is -5.74. The molecule has 2 aromatic rings. The van der Waals surface area contributed by atoms with Crippen LogP contribution in [0.2, 0.25) is 0 Å². The maximum atomic E-state index is 15.3. The molecular weight excluding hydrogens is 885 g/mol. The quantitative estimate of drug-likeness (QED) is 0.126. The number of aliphatic hydroxyl groups is 2. The number of aliphatic hydroxyl groups excluding tert-OH is 2. The van der Waals surface area contributed by atoms with Crippen LogP contribution in [-0.2, 0) is 28.8 Å². The topological polar surface area (TPSA) is 284 Å². The van der Waals surface area contributed by atoms with Crippen molar-refractivity contribution >= 4 is 82.3 Å². The SMILES string of the molecule is C[C@H](O)[C@@H]1C(=O)N2C(C(=O)O)=C(S[C@H]3C[C@@H](C(=O)Nc4cccc(C(=O)O)c4)N(C(=O)C4=C(S[C@@H]5CN[C@H](C(=O)Nc6cccc(C(=O)O)c6)C5)[C@H](C)[C@@H]5[C@@H]([C@@H](C)O)C(=O)N45)C3)[C@@H](C)[C@@H]12. The Balaban J connectivity index is 1.10. The molecule has 0 aromatic heterocycles. The molecule has 4 saturated heterocycles. The molecule has 19 nitrogen and oxygen atoms in total. The summed E-state index contributed by atoms with van der Waals surface area (Å²) < 4.78 is 0. The van der Waals surface area contributed by atoms with E-state index in [2.05, 4.69) is 16.0 Å². The van der Waals surface area contributed by atoms with Gasteiger partial charge < -0.3 is 56.2 Å². The van der Waals surface area contributed by atoms with Crippen molar-refractivity contribution in [2.75, 3.05) is 23.7 Å². The number of hydrogen-bond acceptors (Lipinski definition) is 13. The minimum Gasteiger partial charge on any atom is -0.478 e. The highest BCUT2D eigenvalue weighted by Gasteiger charge is 2.63. The van der Waals surface area contributed by atoms with E-state index in [4.69, 9.17) is 0 Å². The van der Waals surface area contributed by atoms with Gasteiger partial charge in [0.25, 0.3) is 5.91 Å². The smallest absolute Gasteiger partial charge is 0.353 e. The number of nitrogens with one attached hydrogen (secondary N) is 3. The molecule has 8 N–H and O–H groups in total. The van der Waals surface area contributed by atoms with E-state index >= 15 is 4.79 Å². The summed E-state index contributed by atoms with van der Waals surface area (Å²) in [5.41, 5.74) is 0.163. The minimum absolute atomic E-state index is 0.000117. The van der Waals surface area contributed by atoms with Crippen molar-refractivity contribution in [3.05, 3.63) is 80.9 Å². The molecule has 0 saturated carbocycles. The first-order chi connectivity index (χ1) is 30.8. The largest absolute Gasteiger partial charge is 0.478 e. The van der Waals surface area contributed by atoms with Crippen molar-refractivity contribution in [1.29, 1.82) is 0 Å². The Labute approximate surface area is 380 Å². The summed E-state index contributed by atoms with van der Waals surface area (Å²) in [5, 5.41) is 58.2. The standard InChI is InChI=1S/C44H48N6O13S2/c1-17-31-29(19(3)51)39(55)49(31)33(35(17)64-25-13-27(45-15-25)37(53)46-23-9-5-7-21(11-23)42(58)59)41(57)48-16-26(14-28(48)38(54)47-24-10-6-8-22(12-24)43(60)61)65-36-18(2)32-30(20(4)52)40(56)50(32)34(36)44(62)63/h5-12,17-20,25-32,45,51-52H,13-16H2,1-4H3,(H,46,53)(H,47,54)(H,58,59)(H,60,61)(H,62,63)/t17-,18+,19-,20+,25+,26+,27+,28+,29-,30+,31-,32+/m1/s1. The monoisotopic (exact) mass is 932 g/mol. The van der Waals surface area contributed by atoms with Crippen molar-refractivity contribution in [2.45, 2.75) is 87.4 Å². The van der Waals surface area contributed by atoms with Gasteiger partial charge >= 0.3 is 17.9 Å². The lowest BCUT2D eigenvalue weighted by atomic mass is 9.79. The van der Waals surface area contributed by atoms with Gasteiger partial charge in [-0.15, -0.1) is 23.5 Å². The van der Waals surface area contributed by atoms with Gasteiger partial charge in [-0.05, 0) is 63.1 Å². The zero-order valence-electron chi connectivity index (χ0n) is 35.5. The first-order valence-electron chi connectivity index (χ1n) is 21.2. The number of amides is 5. The third kappa shape index (κ3) is 8.06. The zero-order chi connectivity index (χ0) is 46.9. The highest BCUT2D eigenvalue weighted by atomic mass is 32.2. The van der Waals surface area contributed by atoms with Crippen molar-refractivity contribution in [3.8, 4) is 0 Å². The summed E-state index contributed by atoms with van der Waals surface area (Å²) in [7, 11) is 0. The van der Waals surface area contributed by atoms with Gasteiger partial charge in [-0.1, -0.05) is 26.0 Å². The number of likely N-dealkylation sites (tertiary alicyclic amines) is 1. The van der Waals surface area contributed by atoms with Crippen LogP contribution in [0.5, 0.6) is 0 Å². The minimum atomic E-state index is -1.34. The molecule has 12 atom stereocenters. The maximum Gasteiger partial charge on any atom is 0.353 e. The van der Waals surface area contributed by atoms with Gasteiger partial charge in [-0.2, -0.15) is 0 Å². The van der Waals surface area contributed by atoms with E-state index in [-0.39, 0.29) is 46.4 Å². The second kappa shape index (κ2) is 17.6. The Kier molecular flexibility index (Phi) is 12.4. The van der Waals surface area contributed by atoms with Crippen LogP contribution >= 0.6 is 23.5 Å². The predicted octanol–water partition coefficient (Wildman–Crippen LogP) is 2.05. The van der Waals surface area contributed by atoms with E-state index in [1.54, 1.807) is 13.0 Å². The Morgan fingerprint density at radius 2 is 1.18 bits per heavy atom. The fourth-order valence-corrected chi connectivity index (χ4v) is 13.1. The van der Waals surface area contributed by atoms with E-state index in [0.717, 1.165) is 11.8 Å².